The average Bonchev–Trinajstić information content (AvgIpc) is 2.21. The van der Waals surface area contributed by atoms with Crippen molar-refractivity contribution in [2.75, 3.05) is 5.32 Å². The first-order chi connectivity index (χ1) is 7.19. The van der Waals surface area contributed by atoms with Gasteiger partial charge in [0.1, 0.15) is 6.07 Å². The Labute approximate surface area is 91.2 Å². The van der Waals surface area contributed by atoms with E-state index in [0.29, 0.717) is 11.6 Å². The van der Waals surface area contributed by atoms with Gasteiger partial charge >= 0.3 is 0 Å². The fraction of sp³-hybridized carbons (Fsp3) is 0.308. The van der Waals surface area contributed by atoms with Gasteiger partial charge in [-0.3, -0.25) is 0 Å². The first kappa shape index (κ1) is 11.3. The number of nitriles is 1. The lowest BCUT2D eigenvalue weighted by molar-refractivity contribution is 0.812. The van der Waals surface area contributed by atoms with E-state index < -0.39 is 0 Å². The molecule has 0 fully saturated rings. The highest BCUT2D eigenvalue weighted by Crippen LogP contribution is 2.21. The minimum Gasteiger partial charge on any atom is -0.381 e. The van der Waals surface area contributed by atoms with E-state index >= 15 is 0 Å². The monoisotopic (exact) mass is 200 g/mol. The summed E-state index contributed by atoms with van der Waals surface area (Å²) >= 11 is 0. The van der Waals surface area contributed by atoms with Crippen molar-refractivity contribution in [2.45, 2.75) is 26.3 Å². The van der Waals surface area contributed by atoms with Crippen molar-refractivity contribution in [3.05, 3.63) is 42.0 Å². The van der Waals surface area contributed by atoms with Gasteiger partial charge in [-0.15, -0.1) is 6.58 Å². The maximum atomic E-state index is 8.98. The topological polar surface area (TPSA) is 35.8 Å². The fourth-order valence-electron chi connectivity index (χ4n) is 1.51. The van der Waals surface area contributed by atoms with E-state index in [0.717, 1.165) is 17.7 Å². The molecule has 0 aliphatic rings. The molecule has 1 rings (SSSR count). The standard InChI is InChI=1S/C13H16N2/c1-4-6-11(3)15-13-10(2)7-5-8-12(13)9-14/h4-5,7-8,11,15H,1,6H2,2-3H3. The highest BCUT2D eigenvalue weighted by atomic mass is 14.9. The Balaban J connectivity index is 2.93. The molecule has 0 radical (unpaired) electrons. The molecule has 0 aliphatic carbocycles. The van der Waals surface area contributed by atoms with Crippen LogP contribution in [-0.2, 0) is 0 Å². The van der Waals surface area contributed by atoms with Crippen LogP contribution >= 0.6 is 0 Å². The van der Waals surface area contributed by atoms with Crippen LogP contribution in [0, 0.1) is 18.3 Å². The van der Waals surface area contributed by atoms with Gasteiger partial charge in [0.25, 0.3) is 0 Å². The second-order valence-corrected chi connectivity index (χ2v) is 3.68. The molecular formula is C13H16N2. The van der Waals surface area contributed by atoms with Gasteiger partial charge < -0.3 is 5.32 Å². The molecule has 0 saturated carbocycles. The Morgan fingerprint density at radius 2 is 2.33 bits per heavy atom. The highest BCUT2D eigenvalue weighted by Gasteiger charge is 2.07. The van der Waals surface area contributed by atoms with Crippen LogP contribution in [-0.4, -0.2) is 6.04 Å². The summed E-state index contributed by atoms with van der Waals surface area (Å²) in [4.78, 5) is 0. The number of nitrogens with zero attached hydrogens (tertiary/aromatic N) is 1. The second-order valence-electron chi connectivity index (χ2n) is 3.68. The Morgan fingerprint density at radius 3 is 2.93 bits per heavy atom. The maximum absolute atomic E-state index is 8.98. The Bertz CT molecular complexity index is 388. The van der Waals surface area contributed by atoms with Gasteiger partial charge in [-0.1, -0.05) is 18.2 Å². The molecule has 0 bridgehead atoms. The predicted molar refractivity (Wildman–Crippen MR) is 63.8 cm³/mol. The van der Waals surface area contributed by atoms with Crippen molar-refractivity contribution >= 4 is 5.69 Å². The number of benzene rings is 1. The maximum Gasteiger partial charge on any atom is 0.101 e. The number of para-hydroxylation sites is 1. The van der Waals surface area contributed by atoms with E-state index in [2.05, 4.69) is 24.9 Å². The fourth-order valence-corrected chi connectivity index (χ4v) is 1.51. The number of rotatable bonds is 4. The summed E-state index contributed by atoms with van der Waals surface area (Å²) < 4.78 is 0. The zero-order valence-electron chi connectivity index (χ0n) is 9.25. The molecule has 1 atom stereocenters. The van der Waals surface area contributed by atoms with Gasteiger partial charge in [0.15, 0.2) is 0 Å². The number of hydrogen-bond donors (Lipinski definition) is 1. The first-order valence-electron chi connectivity index (χ1n) is 5.06. The smallest absolute Gasteiger partial charge is 0.101 e. The van der Waals surface area contributed by atoms with E-state index in [1.807, 2.05) is 31.2 Å². The van der Waals surface area contributed by atoms with Gasteiger partial charge in [-0.05, 0) is 31.9 Å². The van der Waals surface area contributed by atoms with Gasteiger partial charge in [-0.25, -0.2) is 0 Å². The molecule has 2 nitrogen and oxygen atoms in total. The molecule has 2 heteroatoms. The van der Waals surface area contributed by atoms with Gasteiger partial charge in [0.05, 0.1) is 11.3 Å². The van der Waals surface area contributed by atoms with E-state index in [1.165, 1.54) is 0 Å². The van der Waals surface area contributed by atoms with Crippen LogP contribution in [0.25, 0.3) is 0 Å². The summed E-state index contributed by atoms with van der Waals surface area (Å²) in [5.41, 5.74) is 2.74. The molecule has 1 aromatic carbocycles. The molecule has 0 aromatic heterocycles. The molecule has 0 aliphatic heterocycles. The van der Waals surface area contributed by atoms with Crippen molar-refractivity contribution in [3.8, 4) is 6.07 Å². The Hall–Kier alpha value is -1.75. The van der Waals surface area contributed by atoms with Crippen molar-refractivity contribution in [1.82, 2.24) is 0 Å². The predicted octanol–water partition coefficient (Wildman–Crippen LogP) is 3.24. The number of nitrogens with one attached hydrogen (secondary N) is 1. The van der Waals surface area contributed by atoms with Crippen LogP contribution in [0.2, 0.25) is 0 Å². The van der Waals surface area contributed by atoms with Gasteiger partial charge in [0.2, 0.25) is 0 Å². The summed E-state index contributed by atoms with van der Waals surface area (Å²) in [5, 5.41) is 12.3. The number of anilines is 1. The third kappa shape index (κ3) is 2.85. The molecule has 0 saturated heterocycles. The summed E-state index contributed by atoms with van der Waals surface area (Å²) in [6, 6.07) is 8.23. The highest BCUT2D eigenvalue weighted by molar-refractivity contribution is 5.62. The molecular weight excluding hydrogens is 184 g/mol. The number of hydrogen-bond acceptors (Lipinski definition) is 2. The minimum atomic E-state index is 0.302. The van der Waals surface area contributed by atoms with Crippen LogP contribution < -0.4 is 5.32 Å². The molecule has 0 amide bonds. The van der Waals surface area contributed by atoms with Crippen LogP contribution in [0.1, 0.15) is 24.5 Å². The van der Waals surface area contributed by atoms with Crippen LogP contribution in [0.5, 0.6) is 0 Å². The Kier molecular flexibility index (Phi) is 3.93. The average molecular weight is 200 g/mol. The number of aryl methyl sites for hydroxylation is 1. The van der Waals surface area contributed by atoms with Gasteiger partial charge in [0, 0.05) is 6.04 Å². The second kappa shape index (κ2) is 5.21. The van der Waals surface area contributed by atoms with Crippen molar-refractivity contribution in [2.24, 2.45) is 0 Å². The minimum absolute atomic E-state index is 0.302. The zero-order valence-corrected chi connectivity index (χ0v) is 9.25. The molecule has 1 unspecified atom stereocenters. The SMILES string of the molecule is C=CCC(C)Nc1c(C)cccc1C#N. The zero-order chi connectivity index (χ0) is 11.3. The first-order valence-corrected chi connectivity index (χ1v) is 5.06. The molecule has 1 N–H and O–H groups in total. The molecule has 0 spiro atoms. The lowest BCUT2D eigenvalue weighted by Crippen LogP contribution is -2.15. The Morgan fingerprint density at radius 1 is 1.60 bits per heavy atom. The largest absolute Gasteiger partial charge is 0.381 e. The van der Waals surface area contributed by atoms with Gasteiger partial charge in [-0.2, -0.15) is 5.26 Å². The molecule has 78 valence electrons. The van der Waals surface area contributed by atoms with E-state index in [1.54, 1.807) is 0 Å². The molecule has 1 aromatic rings. The summed E-state index contributed by atoms with van der Waals surface area (Å²) in [7, 11) is 0. The quantitative estimate of drug-likeness (QED) is 0.757. The summed E-state index contributed by atoms with van der Waals surface area (Å²) in [5.74, 6) is 0. The summed E-state index contributed by atoms with van der Waals surface area (Å²) in [6.07, 6.45) is 2.77. The normalized spacial score (nSPS) is 11.5. The lowest BCUT2D eigenvalue weighted by Gasteiger charge is -2.16. The summed E-state index contributed by atoms with van der Waals surface area (Å²) in [6.45, 7) is 7.78. The lowest BCUT2D eigenvalue weighted by atomic mass is 10.1. The van der Waals surface area contributed by atoms with Crippen LogP contribution in [0.3, 0.4) is 0 Å². The van der Waals surface area contributed by atoms with Crippen molar-refractivity contribution in [1.29, 1.82) is 5.26 Å². The molecule has 0 heterocycles. The third-order valence-corrected chi connectivity index (χ3v) is 2.30. The van der Waals surface area contributed by atoms with E-state index in [4.69, 9.17) is 5.26 Å². The third-order valence-electron chi connectivity index (χ3n) is 2.30. The molecule has 15 heavy (non-hydrogen) atoms. The van der Waals surface area contributed by atoms with Crippen molar-refractivity contribution < 1.29 is 0 Å². The van der Waals surface area contributed by atoms with E-state index in [9.17, 15) is 0 Å². The van der Waals surface area contributed by atoms with Crippen LogP contribution in [0.15, 0.2) is 30.9 Å². The van der Waals surface area contributed by atoms with Crippen LogP contribution in [0.4, 0.5) is 5.69 Å². The van der Waals surface area contributed by atoms with Crippen molar-refractivity contribution in [3.63, 3.8) is 0 Å². The van der Waals surface area contributed by atoms with E-state index in [-0.39, 0.29) is 0 Å².